The predicted octanol–water partition coefficient (Wildman–Crippen LogP) is 4.14. The number of rotatable bonds is 5. The fourth-order valence-electron chi connectivity index (χ4n) is 3.26. The first-order chi connectivity index (χ1) is 10.9. The Labute approximate surface area is 132 Å². The average Bonchev–Trinajstić information content (AvgIpc) is 2.88. The van der Waals surface area contributed by atoms with Crippen LogP contribution in [0.2, 0.25) is 0 Å². The van der Waals surface area contributed by atoms with Crippen molar-refractivity contribution in [1.82, 2.24) is 15.0 Å². The van der Waals surface area contributed by atoms with Crippen LogP contribution < -0.4 is 0 Å². The minimum atomic E-state index is 0.380. The minimum Gasteiger partial charge on any atom is -0.361 e. The molecule has 0 N–H and O–H groups in total. The van der Waals surface area contributed by atoms with E-state index in [2.05, 4.69) is 40.2 Å². The molecular weight excluding hydrogens is 274 g/mol. The summed E-state index contributed by atoms with van der Waals surface area (Å²) in [4.78, 5) is 6.66. The zero-order chi connectivity index (χ0) is 15.2. The van der Waals surface area contributed by atoms with Gasteiger partial charge < -0.3 is 4.52 Å². The highest BCUT2D eigenvalue weighted by Gasteiger charge is 2.25. The number of pyridine rings is 1. The first-order valence-electron chi connectivity index (χ1n) is 8.45. The van der Waals surface area contributed by atoms with Crippen LogP contribution in [0, 0.1) is 0 Å². The van der Waals surface area contributed by atoms with E-state index >= 15 is 0 Å². The summed E-state index contributed by atoms with van der Waals surface area (Å²) in [6, 6.07) is 6.75. The van der Waals surface area contributed by atoms with Crippen LogP contribution in [0.25, 0.3) is 0 Å². The SMILES string of the molecule is CCCc1cc(C2CCCCCN2Cc2ccncc2)no1. The van der Waals surface area contributed by atoms with Crippen LogP contribution in [0.4, 0.5) is 0 Å². The Morgan fingerprint density at radius 2 is 2.09 bits per heavy atom. The van der Waals surface area contributed by atoms with Crippen molar-refractivity contribution in [3.63, 3.8) is 0 Å². The van der Waals surface area contributed by atoms with E-state index in [9.17, 15) is 0 Å². The standard InChI is InChI=1S/C18H25N3O/c1-2-6-16-13-17(20-22-16)18-7-4-3-5-12-21(18)14-15-8-10-19-11-9-15/h8-11,13,18H,2-7,12,14H2,1H3. The van der Waals surface area contributed by atoms with E-state index in [4.69, 9.17) is 4.52 Å². The molecule has 2 aromatic rings. The van der Waals surface area contributed by atoms with Crippen LogP contribution >= 0.6 is 0 Å². The van der Waals surface area contributed by atoms with Gasteiger partial charge in [0.15, 0.2) is 0 Å². The summed E-state index contributed by atoms with van der Waals surface area (Å²) >= 11 is 0. The molecule has 1 saturated heterocycles. The lowest BCUT2D eigenvalue weighted by Crippen LogP contribution is -2.28. The molecule has 3 rings (SSSR count). The van der Waals surface area contributed by atoms with Crippen molar-refractivity contribution in [2.24, 2.45) is 0 Å². The normalized spacial score (nSPS) is 20.0. The van der Waals surface area contributed by atoms with Gasteiger partial charge in [0, 0.05) is 31.4 Å². The fraction of sp³-hybridized carbons (Fsp3) is 0.556. The molecule has 2 aromatic heterocycles. The number of nitrogens with zero attached hydrogens (tertiary/aromatic N) is 3. The van der Waals surface area contributed by atoms with Crippen LogP contribution in [-0.4, -0.2) is 21.6 Å². The van der Waals surface area contributed by atoms with Gasteiger partial charge in [0.2, 0.25) is 0 Å². The van der Waals surface area contributed by atoms with Crippen molar-refractivity contribution in [1.29, 1.82) is 0 Å². The summed E-state index contributed by atoms with van der Waals surface area (Å²) in [5, 5.41) is 4.36. The molecule has 4 nitrogen and oxygen atoms in total. The Morgan fingerprint density at radius 1 is 1.23 bits per heavy atom. The molecule has 4 heteroatoms. The van der Waals surface area contributed by atoms with Gasteiger partial charge in [0.25, 0.3) is 0 Å². The monoisotopic (exact) mass is 299 g/mol. The highest BCUT2D eigenvalue weighted by Crippen LogP contribution is 2.31. The van der Waals surface area contributed by atoms with Gasteiger partial charge in [-0.3, -0.25) is 9.88 Å². The lowest BCUT2D eigenvalue weighted by molar-refractivity contribution is 0.183. The summed E-state index contributed by atoms with van der Waals surface area (Å²) in [6.07, 6.45) is 10.8. The molecule has 1 fully saturated rings. The summed E-state index contributed by atoms with van der Waals surface area (Å²) in [7, 11) is 0. The summed E-state index contributed by atoms with van der Waals surface area (Å²) in [6.45, 7) is 4.26. The van der Waals surface area contributed by atoms with Crippen LogP contribution in [-0.2, 0) is 13.0 Å². The predicted molar refractivity (Wildman–Crippen MR) is 86.4 cm³/mol. The molecule has 0 radical (unpaired) electrons. The Bertz CT molecular complexity index is 567. The molecule has 118 valence electrons. The lowest BCUT2D eigenvalue weighted by Gasteiger charge is -2.28. The Kier molecular flexibility index (Phi) is 5.22. The zero-order valence-corrected chi connectivity index (χ0v) is 13.4. The maximum Gasteiger partial charge on any atom is 0.137 e. The molecule has 0 amide bonds. The van der Waals surface area contributed by atoms with Gasteiger partial charge in [-0.2, -0.15) is 0 Å². The van der Waals surface area contributed by atoms with Gasteiger partial charge >= 0.3 is 0 Å². The molecule has 1 atom stereocenters. The van der Waals surface area contributed by atoms with Crippen molar-refractivity contribution >= 4 is 0 Å². The molecule has 0 spiro atoms. The maximum atomic E-state index is 5.51. The molecule has 0 bridgehead atoms. The van der Waals surface area contributed by atoms with Crippen LogP contribution in [0.15, 0.2) is 35.1 Å². The molecule has 1 unspecified atom stereocenters. The highest BCUT2D eigenvalue weighted by molar-refractivity contribution is 5.14. The van der Waals surface area contributed by atoms with Crippen LogP contribution in [0.3, 0.4) is 0 Å². The third-order valence-electron chi connectivity index (χ3n) is 4.41. The van der Waals surface area contributed by atoms with E-state index < -0.39 is 0 Å². The molecule has 1 aliphatic heterocycles. The second-order valence-corrected chi connectivity index (χ2v) is 6.16. The minimum absolute atomic E-state index is 0.380. The van der Waals surface area contributed by atoms with E-state index in [1.807, 2.05) is 12.4 Å². The second kappa shape index (κ2) is 7.54. The van der Waals surface area contributed by atoms with Crippen molar-refractivity contribution in [2.75, 3.05) is 6.54 Å². The number of likely N-dealkylation sites (tertiary alicyclic amines) is 1. The number of hydrogen-bond donors (Lipinski definition) is 0. The quantitative estimate of drug-likeness (QED) is 0.832. The summed E-state index contributed by atoms with van der Waals surface area (Å²) in [5.41, 5.74) is 2.43. The first-order valence-corrected chi connectivity index (χ1v) is 8.45. The molecule has 0 saturated carbocycles. The molecule has 22 heavy (non-hydrogen) atoms. The molecule has 0 aromatic carbocycles. The number of aryl methyl sites for hydroxylation is 1. The second-order valence-electron chi connectivity index (χ2n) is 6.16. The molecule has 1 aliphatic rings. The Morgan fingerprint density at radius 3 is 2.91 bits per heavy atom. The first kappa shape index (κ1) is 15.2. The van der Waals surface area contributed by atoms with Crippen molar-refractivity contribution in [3.8, 4) is 0 Å². The smallest absolute Gasteiger partial charge is 0.137 e. The van der Waals surface area contributed by atoms with Crippen LogP contribution in [0.5, 0.6) is 0 Å². The van der Waals surface area contributed by atoms with E-state index in [1.165, 1.54) is 31.2 Å². The van der Waals surface area contributed by atoms with Gasteiger partial charge in [0.1, 0.15) is 11.5 Å². The maximum absolute atomic E-state index is 5.51. The number of hydrogen-bond acceptors (Lipinski definition) is 4. The summed E-state index contributed by atoms with van der Waals surface area (Å²) < 4.78 is 5.51. The Hall–Kier alpha value is -1.68. The molecule has 3 heterocycles. The molecule has 0 aliphatic carbocycles. The Balaban J connectivity index is 1.77. The van der Waals surface area contributed by atoms with Crippen molar-refractivity contribution in [3.05, 3.63) is 47.6 Å². The average molecular weight is 299 g/mol. The molecular formula is C18H25N3O. The van der Waals surface area contributed by atoms with Crippen molar-refractivity contribution in [2.45, 2.75) is 58.0 Å². The third-order valence-corrected chi connectivity index (χ3v) is 4.41. The van der Waals surface area contributed by atoms with Gasteiger partial charge in [0.05, 0.1) is 6.04 Å². The van der Waals surface area contributed by atoms with E-state index in [1.54, 1.807) is 0 Å². The van der Waals surface area contributed by atoms with Gasteiger partial charge in [-0.1, -0.05) is 24.9 Å². The van der Waals surface area contributed by atoms with E-state index in [-0.39, 0.29) is 0 Å². The highest BCUT2D eigenvalue weighted by atomic mass is 16.5. The topological polar surface area (TPSA) is 42.2 Å². The van der Waals surface area contributed by atoms with Gasteiger partial charge in [-0.25, -0.2) is 0 Å². The third kappa shape index (κ3) is 3.74. The van der Waals surface area contributed by atoms with Crippen molar-refractivity contribution < 1.29 is 4.52 Å². The van der Waals surface area contributed by atoms with Gasteiger partial charge in [-0.15, -0.1) is 0 Å². The zero-order valence-electron chi connectivity index (χ0n) is 13.4. The largest absolute Gasteiger partial charge is 0.361 e. The number of aromatic nitrogens is 2. The van der Waals surface area contributed by atoms with Crippen LogP contribution in [0.1, 0.15) is 62.1 Å². The van der Waals surface area contributed by atoms with E-state index in [0.717, 1.165) is 37.4 Å². The van der Waals surface area contributed by atoms with E-state index in [0.29, 0.717) is 6.04 Å². The van der Waals surface area contributed by atoms with Gasteiger partial charge in [-0.05, 0) is 43.5 Å². The summed E-state index contributed by atoms with van der Waals surface area (Å²) in [5.74, 6) is 1.02. The lowest BCUT2D eigenvalue weighted by atomic mass is 10.1. The fourth-order valence-corrected chi connectivity index (χ4v) is 3.26.